The topological polar surface area (TPSA) is 54.0 Å². The molecule has 0 radical (unpaired) electrons. The number of urea groups is 1. The van der Waals surface area contributed by atoms with Gasteiger partial charge in [0.05, 0.1) is 5.69 Å². The number of aromatic nitrogens is 1. The highest BCUT2D eigenvalue weighted by molar-refractivity contribution is 7.17. The number of hydrogen-bond donors (Lipinski definition) is 2. The van der Waals surface area contributed by atoms with E-state index in [1.54, 1.807) is 35.9 Å². The molecule has 4 nitrogen and oxygen atoms in total. The third-order valence-corrected chi connectivity index (χ3v) is 3.63. The van der Waals surface area contributed by atoms with E-state index < -0.39 is 0 Å². The molecule has 0 bridgehead atoms. The van der Waals surface area contributed by atoms with Gasteiger partial charge in [-0.2, -0.15) is 0 Å². The Morgan fingerprint density at radius 3 is 2.68 bits per heavy atom. The van der Waals surface area contributed by atoms with Crippen LogP contribution in [-0.4, -0.2) is 11.0 Å². The molecule has 5 heteroatoms. The smallest absolute Gasteiger partial charge is 0.308 e. The summed E-state index contributed by atoms with van der Waals surface area (Å²) in [5.74, 6) is 0. The van der Waals surface area contributed by atoms with E-state index in [4.69, 9.17) is 0 Å². The predicted molar refractivity (Wildman–Crippen MR) is 78.7 cm³/mol. The van der Waals surface area contributed by atoms with Crippen molar-refractivity contribution in [3.63, 3.8) is 0 Å². The summed E-state index contributed by atoms with van der Waals surface area (Å²) in [6.07, 6.45) is 3.27. The van der Waals surface area contributed by atoms with Gasteiger partial charge >= 0.3 is 6.03 Å². The van der Waals surface area contributed by atoms with Gasteiger partial charge < -0.3 is 10.6 Å². The van der Waals surface area contributed by atoms with E-state index in [1.807, 2.05) is 29.6 Å². The lowest BCUT2D eigenvalue weighted by molar-refractivity contribution is 0.262. The van der Waals surface area contributed by atoms with Crippen LogP contribution in [-0.2, 0) is 0 Å². The van der Waals surface area contributed by atoms with Gasteiger partial charge in [0.2, 0.25) is 0 Å². The SMILES string of the molecule is O=C(Nc1ccncc1)Nc1csc2ccccc12. The lowest BCUT2D eigenvalue weighted by atomic mass is 10.2. The summed E-state index contributed by atoms with van der Waals surface area (Å²) in [4.78, 5) is 15.8. The predicted octanol–water partition coefficient (Wildman–Crippen LogP) is 3.94. The van der Waals surface area contributed by atoms with Gasteiger partial charge in [0.25, 0.3) is 0 Å². The largest absolute Gasteiger partial charge is 0.323 e. The Bertz CT molecular complexity index is 709. The molecule has 0 fully saturated rings. The van der Waals surface area contributed by atoms with Gasteiger partial charge in [0.15, 0.2) is 0 Å². The number of nitrogens with one attached hydrogen (secondary N) is 2. The van der Waals surface area contributed by atoms with E-state index in [1.165, 1.54) is 0 Å². The van der Waals surface area contributed by atoms with E-state index in [2.05, 4.69) is 15.6 Å². The maximum Gasteiger partial charge on any atom is 0.323 e. The van der Waals surface area contributed by atoms with Crippen molar-refractivity contribution in [1.82, 2.24) is 4.98 Å². The fourth-order valence-corrected chi connectivity index (χ4v) is 2.69. The molecule has 2 amide bonds. The van der Waals surface area contributed by atoms with E-state index in [0.717, 1.165) is 15.8 Å². The summed E-state index contributed by atoms with van der Waals surface area (Å²) in [6.45, 7) is 0. The first-order valence-corrected chi connectivity index (χ1v) is 6.65. The van der Waals surface area contributed by atoms with Crippen LogP contribution in [0.5, 0.6) is 0 Å². The van der Waals surface area contributed by atoms with Gasteiger partial charge in [-0.05, 0) is 18.2 Å². The number of pyridine rings is 1. The quantitative estimate of drug-likeness (QED) is 0.740. The van der Waals surface area contributed by atoms with Crippen molar-refractivity contribution in [2.24, 2.45) is 0 Å². The lowest BCUT2D eigenvalue weighted by Crippen LogP contribution is -2.19. The minimum absolute atomic E-state index is 0.255. The Hall–Kier alpha value is -2.40. The third-order valence-electron chi connectivity index (χ3n) is 2.67. The van der Waals surface area contributed by atoms with Crippen molar-refractivity contribution >= 4 is 38.8 Å². The Kier molecular flexibility index (Phi) is 3.12. The molecule has 0 atom stereocenters. The zero-order valence-electron chi connectivity index (χ0n) is 9.96. The maximum absolute atomic E-state index is 11.9. The Balaban J connectivity index is 1.76. The number of carbonyl (C=O) groups is 1. The Morgan fingerprint density at radius 2 is 1.84 bits per heavy atom. The molecule has 0 saturated carbocycles. The Labute approximate surface area is 114 Å². The second-order valence-corrected chi connectivity index (χ2v) is 4.87. The molecule has 19 heavy (non-hydrogen) atoms. The van der Waals surface area contributed by atoms with Crippen LogP contribution in [0.4, 0.5) is 16.2 Å². The van der Waals surface area contributed by atoms with Crippen molar-refractivity contribution in [3.8, 4) is 0 Å². The molecule has 0 aliphatic carbocycles. The van der Waals surface area contributed by atoms with E-state index in [0.29, 0.717) is 5.69 Å². The summed E-state index contributed by atoms with van der Waals surface area (Å²) >= 11 is 1.61. The zero-order valence-corrected chi connectivity index (χ0v) is 10.8. The second-order valence-electron chi connectivity index (χ2n) is 3.96. The fraction of sp³-hybridized carbons (Fsp3) is 0. The van der Waals surface area contributed by atoms with Gasteiger partial charge in [0.1, 0.15) is 0 Å². The van der Waals surface area contributed by atoms with Gasteiger partial charge in [-0.15, -0.1) is 11.3 Å². The molecular weight excluding hydrogens is 258 g/mol. The molecule has 94 valence electrons. The van der Waals surface area contributed by atoms with E-state index in [-0.39, 0.29) is 6.03 Å². The highest BCUT2D eigenvalue weighted by Crippen LogP contribution is 2.29. The van der Waals surface area contributed by atoms with Crippen LogP contribution in [0.1, 0.15) is 0 Å². The van der Waals surface area contributed by atoms with Crippen LogP contribution in [0.15, 0.2) is 54.2 Å². The average Bonchev–Trinajstić information content (AvgIpc) is 2.83. The molecule has 0 unspecified atom stereocenters. The fourth-order valence-electron chi connectivity index (χ4n) is 1.79. The monoisotopic (exact) mass is 269 g/mol. The molecule has 0 aliphatic heterocycles. The van der Waals surface area contributed by atoms with Crippen molar-refractivity contribution in [3.05, 3.63) is 54.2 Å². The first-order valence-electron chi connectivity index (χ1n) is 5.77. The standard InChI is InChI=1S/C14H11N3OS/c18-14(16-10-5-7-15-8-6-10)17-12-9-19-13-4-2-1-3-11(12)13/h1-9H,(H2,15,16,17,18). The minimum atomic E-state index is -0.255. The number of nitrogens with zero attached hydrogens (tertiary/aromatic N) is 1. The van der Waals surface area contributed by atoms with Crippen LogP contribution >= 0.6 is 11.3 Å². The summed E-state index contributed by atoms with van der Waals surface area (Å²) < 4.78 is 1.15. The van der Waals surface area contributed by atoms with Crippen LogP contribution < -0.4 is 10.6 Å². The summed E-state index contributed by atoms with van der Waals surface area (Å²) in [5, 5.41) is 8.61. The van der Waals surface area contributed by atoms with Crippen molar-refractivity contribution < 1.29 is 4.79 Å². The van der Waals surface area contributed by atoms with Crippen molar-refractivity contribution in [2.75, 3.05) is 10.6 Å². The third kappa shape index (κ3) is 2.56. The molecule has 0 spiro atoms. The number of carbonyl (C=O) groups excluding carboxylic acids is 1. The number of hydrogen-bond acceptors (Lipinski definition) is 3. The number of fused-ring (bicyclic) bond motifs is 1. The first-order chi connectivity index (χ1) is 9.33. The van der Waals surface area contributed by atoms with Crippen molar-refractivity contribution in [1.29, 1.82) is 0 Å². The maximum atomic E-state index is 11.9. The second kappa shape index (κ2) is 5.07. The first kappa shape index (κ1) is 11.7. The van der Waals surface area contributed by atoms with E-state index in [9.17, 15) is 4.79 Å². The highest BCUT2D eigenvalue weighted by Gasteiger charge is 2.07. The normalized spacial score (nSPS) is 10.3. The van der Waals surface area contributed by atoms with Crippen LogP contribution in [0.2, 0.25) is 0 Å². The van der Waals surface area contributed by atoms with E-state index >= 15 is 0 Å². The van der Waals surface area contributed by atoms with Crippen LogP contribution in [0.3, 0.4) is 0 Å². The summed E-state index contributed by atoms with van der Waals surface area (Å²) in [7, 11) is 0. The molecule has 3 rings (SSSR count). The number of thiophene rings is 1. The zero-order chi connectivity index (χ0) is 13.1. The highest BCUT2D eigenvalue weighted by atomic mass is 32.1. The summed E-state index contributed by atoms with van der Waals surface area (Å²) in [5.41, 5.74) is 1.54. The lowest BCUT2D eigenvalue weighted by Gasteiger charge is -2.06. The number of rotatable bonds is 2. The van der Waals surface area contributed by atoms with Crippen LogP contribution in [0.25, 0.3) is 10.1 Å². The minimum Gasteiger partial charge on any atom is -0.308 e. The Morgan fingerprint density at radius 1 is 1.05 bits per heavy atom. The molecular formula is C14H11N3OS. The number of benzene rings is 1. The number of anilines is 2. The van der Waals surface area contributed by atoms with Crippen LogP contribution in [0, 0.1) is 0 Å². The van der Waals surface area contributed by atoms with Crippen molar-refractivity contribution in [2.45, 2.75) is 0 Å². The van der Waals surface area contributed by atoms with Gasteiger partial charge in [-0.1, -0.05) is 18.2 Å². The molecule has 0 aliphatic rings. The molecule has 2 heterocycles. The summed E-state index contributed by atoms with van der Waals surface area (Å²) in [6, 6.07) is 11.2. The molecule has 3 aromatic rings. The van der Waals surface area contributed by atoms with Gasteiger partial charge in [-0.3, -0.25) is 4.98 Å². The number of amides is 2. The molecule has 2 aromatic heterocycles. The van der Waals surface area contributed by atoms with Gasteiger partial charge in [-0.25, -0.2) is 4.79 Å². The van der Waals surface area contributed by atoms with Gasteiger partial charge in [0, 0.05) is 33.5 Å². The molecule has 1 aromatic carbocycles. The molecule has 2 N–H and O–H groups in total. The average molecular weight is 269 g/mol. The molecule has 0 saturated heterocycles.